The SMILES string of the molecule is CC1CC(C)N(C2(CN)CSCC(C)(C)C2)C1. The van der Waals surface area contributed by atoms with Gasteiger partial charge in [0.25, 0.3) is 0 Å². The Hall–Kier alpha value is 0.270. The second-order valence-corrected chi connectivity index (χ2v) is 8.09. The highest BCUT2D eigenvalue weighted by Gasteiger charge is 2.47. The van der Waals surface area contributed by atoms with Crippen molar-refractivity contribution >= 4 is 11.8 Å². The summed E-state index contributed by atoms with van der Waals surface area (Å²) >= 11 is 2.10. The number of thioether (sulfide) groups is 1. The van der Waals surface area contributed by atoms with E-state index >= 15 is 0 Å². The van der Waals surface area contributed by atoms with Gasteiger partial charge in [-0.3, -0.25) is 4.90 Å². The third kappa shape index (κ3) is 2.66. The summed E-state index contributed by atoms with van der Waals surface area (Å²) in [5.41, 5.74) is 6.89. The van der Waals surface area contributed by atoms with Gasteiger partial charge in [0.15, 0.2) is 0 Å². The van der Waals surface area contributed by atoms with Gasteiger partial charge < -0.3 is 5.73 Å². The molecule has 2 N–H and O–H groups in total. The molecule has 3 heteroatoms. The zero-order valence-corrected chi connectivity index (χ0v) is 12.6. The molecule has 3 atom stereocenters. The standard InChI is InChI=1S/C14H28N2S/c1-11-5-12(2)16(6-11)14(8-15)7-13(3,4)9-17-10-14/h11-12H,5-10,15H2,1-4H3. The lowest BCUT2D eigenvalue weighted by Crippen LogP contribution is -2.61. The lowest BCUT2D eigenvalue weighted by atomic mass is 9.78. The minimum absolute atomic E-state index is 0.261. The van der Waals surface area contributed by atoms with E-state index in [0.29, 0.717) is 11.5 Å². The van der Waals surface area contributed by atoms with E-state index in [1.54, 1.807) is 0 Å². The predicted octanol–water partition coefficient (Wildman–Crippen LogP) is 2.58. The molecule has 2 fully saturated rings. The average molecular weight is 256 g/mol. The summed E-state index contributed by atoms with van der Waals surface area (Å²) < 4.78 is 0. The number of hydrogen-bond donors (Lipinski definition) is 1. The molecule has 0 aromatic rings. The smallest absolute Gasteiger partial charge is 0.0430 e. The molecule has 2 heterocycles. The molecule has 2 nitrogen and oxygen atoms in total. The lowest BCUT2D eigenvalue weighted by molar-refractivity contribution is 0.0611. The average Bonchev–Trinajstić information content (AvgIpc) is 2.56. The lowest BCUT2D eigenvalue weighted by Gasteiger charge is -2.51. The van der Waals surface area contributed by atoms with Gasteiger partial charge in [0, 0.05) is 30.4 Å². The summed E-state index contributed by atoms with van der Waals surface area (Å²) in [5.74, 6) is 3.35. The summed E-state index contributed by atoms with van der Waals surface area (Å²) in [6.45, 7) is 11.6. The third-order valence-electron chi connectivity index (χ3n) is 4.44. The summed E-state index contributed by atoms with van der Waals surface area (Å²) in [7, 11) is 0. The normalized spacial score (nSPS) is 42.9. The zero-order valence-electron chi connectivity index (χ0n) is 11.8. The van der Waals surface area contributed by atoms with Crippen LogP contribution in [0.5, 0.6) is 0 Å². The molecule has 0 aliphatic carbocycles. The van der Waals surface area contributed by atoms with Crippen LogP contribution in [0.25, 0.3) is 0 Å². The number of nitrogens with zero attached hydrogens (tertiary/aromatic N) is 1. The summed E-state index contributed by atoms with van der Waals surface area (Å²) in [6, 6.07) is 0.711. The third-order valence-corrected chi connectivity index (χ3v) is 6.17. The van der Waals surface area contributed by atoms with E-state index in [1.165, 1.54) is 30.9 Å². The maximum atomic E-state index is 6.19. The highest BCUT2D eigenvalue weighted by Crippen LogP contribution is 2.44. The fraction of sp³-hybridized carbons (Fsp3) is 1.00. The van der Waals surface area contributed by atoms with Crippen LogP contribution in [0.2, 0.25) is 0 Å². The monoisotopic (exact) mass is 256 g/mol. The van der Waals surface area contributed by atoms with Crippen molar-refractivity contribution in [3.05, 3.63) is 0 Å². The quantitative estimate of drug-likeness (QED) is 0.823. The Morgan fingerprint density at radius 2 is 2.00 bits per heavy atom. The highest BCUT2D eigenvalue weighted by molar-refractivity contribution is 7.99. The first-order chi connectivity index (χ1) is 7.88. The molecule has 2 rings (SSSR count). The first-order valence-electron chi connectivity index (χ1n) is 6.93. The van der Waals surface area contributed by atoms with Crippen molar-refractivity contribution in [2.75, 3.05) is 24.6 Å². The Morgan fingerprint density at radius 3 is 2.47 bits per heavy atom. The van der Waals surface area contributed by atoms with Gasteiger partial charge >= 0.3 is 0 Å². The molecule has 0 aromatic carbocycles. The van der Waals surface area contributed by atoms with Crippen LogP contribution in [0, 0.1) is 11.3 Å². The number of hydrogen-bond acceptors (Lipinski definition) is 3. The van der Waals surface area contributed by atoms with Crippen LogP contribution in [0.3, 0.4) is 0 Å². The topological polar surface area (TPSA) is 29.3 Å². The van der Waals surface area contributed by atoms with Crippen LogP contribution >= 0.6 is 11.8 Å². The van der Waals surface area contributed by atoms with E-state index in [-0.39, 0.29) is 5.54 Å². The molecule has 2 aliphatic heterocycles. The Labute approximate surface area is 111 Å². The number of rotatable bonds is 2. The molecule has 0 spiro atoms. The summed E-state index contributed by atoms with van der Waals surface area (Å²) in [6.07, 6.45) is 2.60. The summed E-state index contributed by atoms with van der Waals surface area (Å²) in [4.78, 5) is 2.73. The van der Waals surface area contributed by atoms with Gasteiger partial charge in [-0.15, -0.1) is 0 Å². The molecule has 0 aromatic heterocycles. The van der Waals surface area contributed by atoms with Crippen molar-refractivity contribution in [2.24, 2.45) is 17.1 Å². The molecular formula is C14H28N2S. The van der Waals surface area contributed by atoms with E-state index < -0.39 is 0 Å². The van der Waals surface area contributed by atoms with Crippen LogP contribution < -0.4 is 5.73 Å². The predicted molar refractivity (Wildman–Crippen MR) is 77.5 cm³/mol. The molecule has 0 amide bonds. The van der Waals surface area contributed by atoms with E-state index in [2.05, 4.69) is 44.4 Å². The van der Waals surface area contributed by atoms with Gasteiger partial charge in [-0.2, -0.15) is 11.8 Å². The van der Waals surface area contributed by atoms with E-state index in [0.717, 1.165) is 12.5 Å². The molecule has 2 saturated heterocycles. The molecular weight excluding hydrogens is 228 g/mol. The zero-order chi connectivity index (χ0) is 12.7. The van der Waals surface area contributed by atoms with Gasteiger partial charge in [0.05, 0.1) is 0 Å². The second kappa shape index (κ2) is 4.75. The van der Waals surface area contributed by atoms with Gasteiger partial charge in [-0.1, -0.05) is 20.8 Å². The second-order valence-electron chi connectivity index (χ2n) is 7.10. The van der Waals surface area contributed by atoms with Gasteiger partial charge in [-0.25, -0.2) is 0 Å². The minimum atomic E-state index is 0.261. The van der Waals surface area contributed by atoms with E-state index in [9.17, 15) is 0 Å². The van der Waals surface area contributed by atoms with Crippen molar-refractivity contribution in [1.82, 2.24) is 4.90 Å². The van der Waals surface area contributed by atoms with Crippen LogP contribution in [0.15, 0.2) is 0 Å². The summed E-state index contributed by atoms with van der Waals surface area (Å²) in [5, 5.41) is 0. The van der Waals surface area contributed by atoms with Crippen molar-refractivity contribution in [3.63, 3.8) is 0 Å². The van der Waals surface area contributed by atoms with Crippen LogP contribution in [0.4, 0.5) is 0 Å². The molecule has 0 saturated carbocycles. The maximum absolute atomic E-state index is 6.19. The van der Waals surface area contributed by atoms with Crippen molar-refractivity contribution < 1.29 is 0 Å². The van der Waals surface area contributed by atoms with E-state index in [4.69, 9.17) is 5.73 Å². The van der Waals surface area contributed by atoms with E-state index in [1.807, 2.05) is 0 Å². The fourth-order valence-corrected chi connectivity index (χ4v) is 5.43. The molecule has 3 unspecified atom stereocenters. The van der Waals surface area contributed by atoms with Gasteiger partial charge in [0.2, 0.25) is 0 Å². The van der Waals surface area contributed by atoms with Crippen molar-refractivity contribution in [1.29, 1.82) is 0 Å². The first-order valence-corrected chi connectivity index (χ1v) is 8.09. The van der Waals surface area contributed by atoms with Gasteiger partial charge in [0.1, 0.15) is 0 Å². The Morgan fingerprint density at radius 1 is 1.29 bits per heavy atom. The van der Waals surface area contributed by atoms with Gasteiger partial charge in [-0.05, 0) is 36.9 Å². The van der Waals surface area contributed by atoms with Crippen molar-refractivity contribution in [2.45, 2.75) is 52.1 Å². The maximum Gasteiger partial charge on any atom is 0.0430 e. The fourth-order valence-electron chi connectivity index (χ4n) is 3.90. The largest absolute Gasteiger partial charge is 0.329 e. The molecule has 2 aliphatic rings. The number of nitrogens with two attached hydrogens (primary N) is 1. The first kappa shape index (κ1) is 13.7. The van der Waals surface area contributed by atoms with Crippen LogP contribution in [-0.2, 0) is 0 Å². The molecule has 100 valence electrons. The molecule has 0 radical (unpaired) electrons. The van der Waals surface area contributed by atoms with Crippen LogP contribution in [0.1, 0.15) is 40.5 Å². The Kier molecular flexibility index (Phi) is 3.82. The van der Waals surface area contributed by atoms with Crippen molar-refractivity contribution in [3.8, 4) is 0 Å². The Bertz CT molecular complexity index is 279. The Balaban J connectivity index is 2.19. The molecule has 0 bridgehead atoms. The highest BCUT2D eigenvalue weighted by atomic mass is 32.2. The van der Waals surface area contributed by atoms with Crippen LogP contribution in [-0.4, -0.2) is 41.1 Å². The minimum Gasteiger partial charge on any atom is -0.329 e. The molecule has 17 heavy (non-hydrogen) atoms. The number of likely N-dealkylation sites (tertiary alicyclic amines) is 1.